The summed E-state index contributed by atoms with van der Waals surface area (Å²) in [6.07, 6.45) is 2.07. The average Bonchev–Trinajstić information content (AvgIpc) is 3.47. The summed E-state index contributed by atoms with van der Waals surface area (Å²) in [7, 11) is 1.42. The van der Waals surface area contributed by atoms with Gasteiger partial charge in [-0.1, -0.05) is 0 Å². The first-order chi connectivity index (χ1) is 20.0. The van der Waals surface area contributed by atoms with Crippen LogP contribution in [0.5, 0.6) is 5.75 Å². The molecule has 3 aromatic carbocycles. The Morgan fingerprint density at radius 1 is 1.05 bits per heavy atom. The van der Waals surface area contributed by atoms with E-state index in [2.05, 4.69) is 9.97 Å². The van der Waals surface area contributed by atoms with E-state index < -0.39 is 32.6 Å². The summed E-state index contributed by atoms with van der Waals surface area (Å²) in [5.74, 6) is -0.666. The Labute approximate surface area is 249 Å². The van der Waals surface area contributed by atoms with Crippen molar-refractivity contribution in [3.63, 3.8) is 0 Å². The summed E-state index contributed by atoms with van der Waals surface area (Å²) >= 11 is -2.55. The minimum absolute atomic E-state index is 0.0295. The van der Waals surface area contributed by atoms with Crippen molar-refractivity contribution < 1.29 is 24.2 Å². The van der Waals surface area contributed by atoms with Gasteiger partial charge in [-0.05, 0) is 0 Å². The number of nitrogens with one attached hydrogen (secondary N) is 1. The molecule has 1 amide bonds. The summed E-state index contributed by atoms with van der Waals surface area (Å²) in [6, 6.07) is 17.4. The summed E-state index contributed by atoms with van der Waals surface area (Å²) < 4.78 is 4.98. The monoisotopic (exact) mass is 630 g/mol. The van der Waals surface area contributed by atoms with Crippen molar-refractivity contribution in [1.82, 2.24) is 9.97 Å². The van der Waals surface area contributed by atoms with Crippen LogP contribution < -0.4 is 16.2 Å². The van der Waals surface area contributed by atoms with Crippen molar-refractivity contribution in [2.45, 2.75) is 43.1 Å². The van der Waals surface area contributed by atoms with Crippen LogP contribution in [0.25, 0.3) is 11.3 Å². The molecular weight excluding hydrogens is 595 g/mol. The number of aromatic carboxylic acids is 1. The van der Waals surface area contributed by atoms with Gasteiger partial charge in [0.2, 0.25) is 0 Å². The van der Waals surface area contributed by atoms with Gasteiger partial charge in [0.05, 0.1) is 0 Å². The zero-order chi connectivity index (χ0) is 30.6. The fourth-order valence-electron chi connectivity index (χ4n) is 5.06. The van der Waals surface area contributed by atoms with Crippen molar-refractivity contribution in [3.8, 4) is 17.0 Å². The molecule has 0 radical (unpaired) electrons. The molecule has 0 bridgehead atoms. The second kappa shape index (κ2) is 13.2. The number of aromatic amines is 1. The number of benzene rings is 3. The van der Waals surface area contributed by atoms with Crippen LogP contribution in [0.4, 0.5) is 0 Å². The molecule has 1 heterocycles. The van der Waals surface area contributed by atoms with E-state index in [1.54, 1.807) is 36.5 Å². The van der Waals surface area contributed by atoms with Crippen molar-refractivity contribution in [2.24, 2.45) is 11.5 Å². The van der Waals surface area contributed by atoms with Gasteiger partial charge in [0.1, 0.15) is 0 Å². The van der Waals surface area contributed by atoms with Crippen LogP contribution in [0.15, 0.2) is 66.9 Å². The first-order valence-corrected chi connectivity index (χ1v) is 16.8. The molecule has 218 valence electrons. The molecule has 42 heavy (non-hydrogen) atoms. The molecule has 3 atom stereocenters. The third-order valence-corrected chi connectivity index (χ3v) is 13.2. The first kappa shape index (κ1) is 30.8. The van der Waals surface area contributed by atoms with E-state index in [1.807, 2.05) is 51.1 Å². The quantitative estimate of drug-likeness (QED) is 0.171. The minimum atomic E-state index is -2.55. The summed E-state index contributed by atoms with van der Waals surface area (Å²) in [6.45, 7) is 5.74. The van der Waals surface area contributed by atoms with Crippen LogP contribution in [0.2, 0.25) is 0 Å². The van der Waals surface area contributed by atoms with Crippen molar-refractivity contribution in [1.29, 1.82) is 0 Å². The normalized spacial score (nSPS) is 13.3. The second-order valence-corrected chi connectivity index (χ2v) is 15.5. The predicted octanol–water partition coefficient (Wildman–Crippen LogP) is 4.10. The van der Waals surface area contributed by atoms with Crippen molar-refractivity contribution in [2.75, 3.05) is 7.11 Å². The maximum atomic E-state index is 14.2. The Bertz CT molecular complexity index is 1600. The number of ether oxygens (including phenoxy) is 1. The number of hydrogen-bond acceptors (Lipinski definition) is 6. The number of primary amides is 1. The molecule has 9 nitrogen and oxygen atoms in total. The number of amides is 1. The van der Waals surface area contributed by atoms with E-state index in [4.69, 9.17) is 16.2 Å². The summed E-state index contributed by atoms with van der Waals surface area (Å²) in [4.78, 5) is 45.8. The first-order valence-electron chi connectivity index (χ1n) is 13.5. The molecule has 0 aliphatic rings. The van der Waals surface area contributed by atoms with Crippen LogP contribution in [0, 0.1) is 13.8 Å². The summed E-state index contributed by atoms with van der Waals surface area (Å²) in [5.41, 5.74) is 17.7. The number of carbonyl (C=O) groups is 3. The van der Waals surface area contributed by atoms with Crippen LogP contribution in [-0.4, -0.2) is 59.3 Å². The maximum absolute atomic E-state index is 14.2. The van der Waals surface area contributed by atoms with Crippen LogP contribution in [0.3, 0.4) is 0 Å². The standard InChI is InChI=1S/C32H35AsN4O5/c1-18-12-23(30(35)39)13-19(2)24(18)15-26(34)29(38)33(16-21-10-11-28(42-4)25(14-21)32(40)41)20(3)31-36-17-27(37-31)22-8-6-5-7-9-22/h5-14,17,20,26H,15-16,34H2,1-4H3,(H2,35,39)(H,36,37)(H,40,41)/t20-,26-,33?/m0/s1. The molecule has 0 aliphatic carbocycles. The van der Waals surface area contributed by atoms with Gasteiger partial charge in [-0.3, -0.25) is 0 Å². The molecule has 0 fully saturated rings. The van der Waals surface area contributed by atoms with E-state index in [0.29, 0.717) is 23.0 Å². The van der Waals surface area contributed by atoms with Crippen molar-refractivity contribution >= 4 is 31.1 Å². The van der Waals surface area contributed by atoms with E-state index in [9.17, 15) is 19.5 Å². The molecule has 4 rings (SSSR count). The van der Waals surface area contributed by atoms with Crippen molar-refractivity contribution in [3.05, 3.63) is 106 Å². The number of hydrogen-bond donors (Lipinski definition) is 4. The number of carboxylic acids is 1. The van der Waals surface area contributed by atoms with Gasteiger partial charge in [-0.25, -0.2) is 0 Å². The SMILES string of the molecule is COc1ccc(C[As](C(=O)[C@@H](N)Cc2c(C)cc(C(N)=O)cc2C)[C@@H](C)c2ncc(-c3ccccc3)[nH]2)cc1C(=O)O. The average molecular weight is 631 g/mol. The number of aryl methyl sites for hydroxylation is 2. The number of nitrogens with zero attached hydrogens (tertiary/aromatic N) is 1. The predicted molar refractivity (Wildman–Crippen MR) is 163 cm³/mol. The Morgan fingerprint density at radius 3 is 2.31 bits per heavy atom. The number of H-pyrrole nitrogens is 1. The van der Waals surface area contributed by atoms with Crippen LogP contribution >= 0.6 is 0 Å². The third kappa shape index (κ3) is 6.81. The number of aromatic nitrogens is 2. The Balaban J connectivity index is 1.68. The van der Waals surface area contributed by atoms with Gasteiger partial charge >= 0.3 is 250 Å². The van der Waals surface area contributed by atoms with Gasteiger partial charge in [-0.15, -0.1) is 0 Å². The Hall–Kier alpha value is -4.20. The fraction of sp³-hybridized carbons (Fsp3) is 0.250. The molecule has 0 saturated carbocycles. The zero-order valence-electron chi connectivity index (χ0n) is 24.0. The van der Waals surface area contributed by atoms with Gasteiger partial charge in [0.15, 0.2) is 0 Å². The number of nitrogens with two attached hydrogens (primary N) is 2. The van der Waals surface area contributed by atoms with Crippen LogP contribution in [0.1, 0.15) is 60.4 Å². The molecule has 10 heteroatoms. The fourth-order valence-corrected chi connectivity index (χ4v) is 9.98. The van der Waals surface area contributed by atoms with Gasteiger partial charge in [0, 0.05) is 0 Å². The molecule has 6 N–H and O–H groups in total. The topological polar surface area (TPSA) is 161 Å². The molecule has 0 aliphatic heterocycles. The molecule has 1 unspecified atom stereocenters. The molecule has 0 spiro atoms. The van der Waals surface area contributed by atoms with E-state index in [1.165, 1.54) is 7.11 Å². The number of carboxylic acid groups (broad SMARTS) is 1. The van der Waals surface area contributed by atoms with Gasteiger partial charge in [-0.2, -0.15) is 0 Å². The number of rotatable bonds is 12. The molecule has 1 aromatic heterocycles. The Kier molecular flexibility index (Phi) is 9.66. The number of carbonyl (C=O) groups excluding carboxylic acids is 2. The van der Waals surface area contributed by atoms with E-state index >= 15 is 0 Å². The molecular formula is C32H35AsN4O5. The number of imidazole rings is 1. The van der Waals surface area contributed by atoms with Crippen LogP contribution in [-0.2, 0) is 16.4 Å². The molecule has 0 saturated heterocycles. The summed E-state index contributed by atoms with van der Waals surface area (Å²) in [5, 5.41) is 10.1. The number of methoxy groups -OCH3 is 1. The van der Waals surface area contributed by atoms with Gasteiger partial charge in [0.25, 0.3) is 0 Å². The molecule has 4 aromatic rings. The van der Waals surface area contributed by atoms with E-state index in [-0.39, 0.29) is 20.6 Å². The van der Waals surface area contributed by atoms with E-state index in [0.717, 1.165) is 33.5 Å². The third-order valence-electron chi connectivity index (χ3n) is 7.40. The Morgan fingerprint density at radius 2 is 1.71 bits per heavy atom. The zero-order valence-corrected chi connectivity index (χ0v) is 25.9. The second-order valence-electron chi connectivity index (χ2n) is 10.3. The van der Waals surface area contributed by atoms with Gasteiger partial charge < -0.3 is 0 Å².